The Hall–Kier alpha value is -0.990. The van der Waals surface area contributed by atoms with Crippen molar-refractivity contribution in [3.8, 4) is 0 Å². The molecule has 2 nitrogen and oxygen atoms in total. The highest BCUT2D eigenvalue weighted by Crippen LogP contribution is 2.37. The number of anilines is 1. The normalized spacial score (nSPS) is 11.0. The molecule has 0 spiro atoms. The maximum Gasteiger partial charge on any atom is 0.0927 e. The molecule has 4 heteroatoms. The first-order valence-electron chi connectivity index (χ1n) is 6.61. The van der Waals surface area contributed by atoms with Crippen LogP contribution in [-0.4, -0.2) is 11.5 Å². The van der Waals surface area contributed by atoms with E-state index in [9.17, 15) is 0 Å². The molecule has 0 radical (unpaired) electrons. The predicted octanol–water partition coefficient (Wildman–Crippen LogP) is 5.23. The van der Waals surface area contributed by atoms with Crippen molar-refractivity contribution < 1.29 is 0 Å². The van der Waals surface area contributed by atoms with Crippen LogP contribution in [-0.2, 0) is 6.42 Å². The summed E-state index contributed by atoms with van der Waals surface area (Å²) in [4.78, 5) is 4.67. The van der Waals surface area contributed by atoms with Crippen molar-refractivity contribution in [1.29, 1.82) is 0 Å². The summed E-state index contributed by atoms with van der Waals surface area (Å²) < 4.78 is 0. The minimum atomic E-state index is 0.647. The third-order valence-electron chi connectivity index (χ3n) is 3.27. The van der Waals surface area contributed by atoms with Crippen LogP contribution >= 0.6 is 23.2 Å². The summed E-state index contributed by atoms with van der Waals surface area (Å²) in [7, 11) is 0. The Labute approximate surface area is 124 Å². The molecule has 1 heterocycles. The lowest BCUT2D eigenvalue weighted by atomic mass is 10.0. The summed E-state index contributed by atoms with van der Waals surface area (Å²) >= 11 is 12.6. The standard InChI is InChI=1S/C15H18Cl2N2/c1-4-8-18-14-9(3)12(5-2)19-15-11(17)7-6-10(16)13(14)15/h6-7H,4-5,8H2,1-3H3,(H,18,19). The molecule has 1 aromatic heterocycles. The number of aromatic nitrogens is 1. The van der Waals surface area contributed by atoms with Crippen molar-refractivity contribution >= 4 is 39.8 Å². The number of rotatable bonds is 4. The summed E-state index contributed by atoms with van der Waals surface area (Å²) in [6.45, 7) is 7.23. The molecule has 1 N–H and O–H groups in total. The first-order valence-corrected chi connectivity index (χ1v) is 7.36. The second kappa shape index (κ2) is 5.98. The van der Waals surface area contributed by atoms with Gasteiger partial charge < -0.3 is 5.32 Å². The van der Waals surface area contributed by atoms with Gasteiger partial charge in [-0.25, -0.2) is 0 Å². The van der Waals surface area contributed by atoms with Crippen LogP contribution in [0.5, 0.6) is 0 Å². The second-order valence-corrected chi connectivity index (χ2v) is 5.41. The van der Waals surface area contributed by atoms with Crippen LogP contribution in [0.3, 0.4) is 0 Å². The number of aryl methyl sites for hydroxylation is 1. The number of fused-ring (bicyclic) bond motifs is 1. The lowest BCUT2D eigenvalue weighted by Crippen LogP contribution is -2.06. The Morgan fingerprint density at radius 3 is 2.47 bits per heavy atom. The summed E-state index contributed by atoms with van der Waals surface area (Å²) in [5.74, 6) is 0. The van der Waals surface area contributed by atoms with Crippen molar-refractivity contribution in [3.05, 3.63) is 33.4 Å². The number of pyridine rings is 1. The molecule has 1 aromatic carbocycles. The van der Waals surface area contributed by atoms with E-state index in [1.165, 1.54) is 0 Å². The average Bonchev–Trinajstić information content (AvgIpc) is 2.41. The molecule has 2 rings (SSSR count). The molecule has 0 saturated carbocycles. The Bertz CT molecular complexity index is 609. The highest BCUT2D eigenvalue weighted by molar-refractivity contribution is 6.40. The molecular formula is C15H18Cl2N2. The molecular weight excluding hydrogens is 279 g/mol. The quantitative estimate of drug-likeness (QED) is 0.835. The molecule has 2 aromatic rings. The van der Waals surface area contributed by atoms with Crippen LogP contribution in [0.15, 0.2) is 12.1 Å². The van der Waals surface area contributed by atoms with Gasteiger partial charge in [0.1, 0.15) is 0 Å². The minimum Gasteiger partial charge on any atom is -0.384 e. The third-order valence-corrected chi connectivity index (χ3v) is 3.89. The maximum absolute atomic E-state index is 6.34. The van der Waals surface area contributed by atoms with Gasteiger partial charge >= 0.3 is 0 Å². The van der Waals surface area contributed by atoms with Crippen molar-refractivity contribution in [2.75, 3.05) is 11.9 Å². The van der Waals surface area contributed by atoms with Crippen molar-refractivity contribution in [1.82, 2.24) is 4.98 Å². The maximum atomic E-state index is 6.34. The van der Waals surface area contributed by atoms with E-state index in [4.69, 9.17) is 23.2 Å². The molecule has 0 aliphatic heterocycles. The average molecular weight is 297 g/mol. The molecule has 19 heavy (non-hydrogen) atoms. The lowest BCUT2D eigenvalue weighted by molar-refractivity contribution is 0.970. The van der Waals surface area contributed by atoms with Gasteiger partial charge in [0, 0.05) is 23.3 Å². The number of hydrogen-bond acceptors (Lipinski definition) is 2. The van der Waals surface area contributed by atoms with E-state index >= 15 is 0 Å². The van der Waals surface area contributed by atoms with Crippen LogP contribution in [0.25, 0.3) is 10.9 Å². The SMILES string of the molecule is CCCNc1c(C)c(CC)nc2c(Cl)ccc(Cl)c12. The van der Waals surface area contributed by atoms with Crippen molar-refractivity contribution in [2.45, 2.75) is 33.6 Å². The molecule has 0 aliphatic rings. The number of benzene rings is 1. The van der Waals surface area contributed by atoms with Crippen molar-refractivity contribution in [3.63, 3.8) is 0 Å². The summed E-state index contributed by atoms with van der Waals surface area (Å²) in [5.41, 5.74) is 4.08. The molecule has 102 valence electrons. The largest absolute Gasteiger partial charge is 0.384 e. The Kier molecular flexibility index (Phi) is 4.54. The smallest absolute Gasteiger partial charge is 0.0927 e. The molecule has 0 aliphatic carbocycles. The van der Waals surface area contributed by atoms with Crippen LogP contribution in [0, 0.1) is 6.92 Å². The van der Waals surface area contributed by atoms with E-state index in [-0.39, 0.29) is 0 Å². The van der Waals surface area contributed by atoms with Crippen molar-refractivity contribution in [2.24, 2.45) is 0 Å². The fraction of sp³-hybridized carbons (Fsp3) is 0.400. The fourth-order valence-electron chi connectivity index (χ4n) is 2.25. The molecule has 0 saturated heterocycles. The van der Waals surface area contributed by atoms with Gasteiger partial charge in [-0.15, -0.1) is 0 Å². The third kappa shape index (κ3) is 2.65. The molecule has 0 bridgehead atoms. The number of nitrogens with one attached hydrogen (secondary N) is 1. The van der Waals surface area contributed by atoms with Gasteiger partial charge in [-0.05, 0) is 37.5 Å². The van der Waals surface area contributed by atoms with Gasteiger partial charge in [-0.1, -0.05) is 37.0 Å². The van der Waals surface area contributed by atoms with Crippen LogP contribution in [0.2, 0.25) is 10.0 Å². The zero-order valence-corrected chi connectivity index (χ0v) is 13.0. The van der Waals surface area contributed by atoms with E-state index in [1.807, 2.05) is 6.07 Å². The fourth-order valence-corrected chi connectivity index (χ4v) is 2.70. The van der Waals surface area contributed by atoms with E-state index < -0.39 is 0 Å². The number of hydrogen-bond donors (Lipinski definition) is 1. The molecule has 0 amide bonds. The first kappa shape index (κ1) is 14.4. The molecule has 0 unspecified atom stereocenters. The topological polar surface area (TPSA) is 24.9 Å². The Balaban J connectivity index is 2.79. The van der Waals surface area contributed by atoms with Gasteiger partial charge in [-0.2, -0.15) is 0 Å². The van der Waals surface area contributed by atoms with Gasteiger partial charge in [0.25, 0.3) is 0 Å². The van der Waals surface area contributed by atoms with Gasteiger partial charge in [0.2, 0.25) is 0 Å². The lowest BCUT2D eigenvalue weighted by Gasteiger charge is -2.16. The highest BCUT2D eigenvalue weighted by atomic mass is 35.5. The molecule has 0 fully saturated rings. The van der Waals surface area contributed by atoms with E-state index in [0.717, 1.165) is 47.2 Å². The zero-order valence-electron chi connectivity index (χ0n) is 11.5. The monoisotopic (exact) mass is 296 g/mol. The van der Waals surface area contributed by atoms with Crippen LogP contribution in [0.1, 0.15) is 31.5 Å². The van der Waals surface area contributed by atoms with Gasteiger partial charge in [0.15, 0.2) is 0 Å². The highest BCUT2D eigenvalue weighted by Gasteiger charge is 2.15. The van der Waals surface area contributed by atoms with Gasteiger partial charge in [-0.3, -0.25) is 4.98 Å². The summed E-state index contributed by atoms with van der Waals surface area (Å²) in [6.07, 6.45) is 1.94. The van der Waals surface area contributed by atoms with E-state index in [1.54, 1.807) is 6.07 Å². The van der Waals surface area contributed by atoms with E-state index in [0.29, 0.717) is 10.0 Å². The Morgan fingerprint density at radius 1 is 1.16 bits per heavy atom. The predicted molar refractivity (Wildman–Crippen MR) is 84.7 cm³/mol. The molecule has 0 atom stereocenters. The first-order chi connectivity index (χ1) is 9.10. The zero-order chi connectivity index (χ0) is 14.0. The summed E-state index contributed by atoms with van der Waals surface area (Å²) in [5, 5.41) is 5.73. The Morgan fingerprint density at radius 2 is 1.84 bits per heavy atom. The van der Waals surface area contributed by atoms with Crippen LogP contribution in [0.4, 0.5) is 5.69 Å². The summed E-state index contributed by atoms with van der Waals surface area (Å²) in [6, 6.07) is 3.63. The number of halogens is 2. The minimum absolute atomic E-state index is 0.647. The second-order valence-electron chi connectivity index (χ2n) is 4.59. The van der Waals surface area contributed by atoms with Gasteiger partial charge in [0.05, 0.1) is 15.6 Å². The van der Waals surface area contributed by atoms with E-state index in [2.05, 4.69) is 31.1 Å². The van der Waals surface area contributed by atoms with Crippen LogP contribution < -0.4 is 5.32 Å². The number of nitrogens with zero attached hydrogens (tertiary/aromatic N) is 1.